The van der Waals surface area contributed by atoms with E-state index in [9.17, 15) is 26.4 Å². The smallest absolute Gasteiger partial charge is 0.246 e. The number of halogens is 3. The van der Waals surface area contributed by atoms with Gasteiger partial charge in [0.2, 0.25) is 15.9 Å². The van der Waals surface area contributed by atoms with Crippen molar-refractivity contribution in [2.24, 2.45) is 0 Å². The highest BCUT2D eigenvalue weighted by atomic mass is 32.2. The van der Waals surface area contributed by atoms with Crippen LogP contribution in [0, 0.1) is 17.5 Å². The summed E-state index contributed by atoms with van der Waals surface area (Å²) in [5.41, 5.74) is 0.129. The number of carbonyl (C=O) groups excluding carboxylic acids is 1. The van der Waals surface area contributed by atoms with Gasteiger partial charge in [-0.3, -0.25) is 9.69 Å². The number of carbonyl (C=O) groups is 1. The second-order valence-electron chi connectivity index (χ2n) is 6.29. The number of sulfonamides is 1. The van der Waals surface area contributed by atoms with E-state index in [4.69, 9.17) is 0 Å². The van der Waals surface area contributed by atoms with Crippen LogP contribution in [0.5, 0.6) is 0 Å². The van der Waals surface area contributed by atoms with Gasteiger partial charge < -0.3 is 5.32 Å². The molecule has 1 aliphatic heterocycles. The first kappa shape index (κ1) is 20.3. The summed E-state index contributed by atoms with van der Waals surface area (Å²) in [4.78, 5) is 13.4. The predicted molar refractivity (Wildman–Crippen MR) is 96.6 cm³/mol. The Balaban J connectivity index is 1.56. The van der Waals surface area contributed by atoms with Gasteiger partial charge in [-0.25, -0.2) is 21.6 Å². The Morgan fingerprint density at radius 1 is 0.929 bits per heavy atom. The molecule has 0 aliphatic carbocycles. The fraction of sp³-hybridized carbons (Fsp3) is 0.278. The van der Waals surface area contributed by atoms with Crippen LogP contribution in [0.3, 0.4) is 0 Å². The van der Waals surface area contributed by atoms with Crippen LogP contribution in [0.4, 0.5) is 18.9 Å². The number of hydrogen-bond donors (Lipinski definition) is 1. The van der Waals surface area contributed by atoms with E-state index in [1.807, 2.05) is 0 Å². The second-order valence-corrected chi connectivity index (χ2v) is 8.19. The fourth-order valence-electron chi connectivity index (χ4n) is 2.90. The summed E-state index contributed by atoms with van der Waals surface area (Å²) in [5, 5.41) is 2.46. The molecule has 1 N–H and O–H groups in total. The van der Waals surface area contributed by atoms with E-state index in [0.29, 0.717) is 0 Å². The zero-order chi connectivity index (χ0) is 20.3. The number of hydrogen-bond acceptors (Lipinski definition) is 4. The number of nitrogens with one attached hydrogen (secondary N) is 1. The summed E-state index contributed by atoms with van der Waals surface area (Å²) in [5.74, 6) is -3.32. The van der Waals surface area contributed by atoms with E-state index in [2.05, 4.69) is 5.32 Å². The SMILES string of the molecule is O=C(CN1CCN(S(=O)(=O)c2ccccc2F)CC1)Nc1ccc(F)c(F)c1. The van der Waals surface area contributed by atoms with Gasteiger partial charge in [-0.2, -0.15) is 4.31 Å². The lowest BCUT2D eigenvalue weighted by Crippen LogP contribution is -2.50. The van der Waals surface area contributed by atoms with Crippen LogP contribution in [0.25, 0.3) is 0 Å². The summed E-state index contributed by atoms with van der Waals surface area (Å²) < 4.78 is 66.2. The molecule has 150 valence electrons. The highest BCUT2D eigenvalue weighted by Crippen LogP contribution is 2.20. The predicted octanol–water partition coefficient (Wildman–Crippen LogP) is 2.05. The maximum Gasteiger partial charge on any atom is 0.246 e. The standard InChI is InChI=1S/C18H18F3N3O3S/c19-14-6-5-13(11-16(14)21)22-18(25)12-23-7-9-24(10-8-23)28(26,27)17-4-2-1-3-15(17)20/h1-6,11H,7-10,12H2,(H,22,25). The molecule has 2 aromatic carbocycles. The summed E-state index contributed by atoms with van der Waals surface area (Å²) in [7, 11) is -3.95. The van der Waals surface area contributed by atoms with Gasteiger partial charge in [0.1, 0.15) is 10.7 Å². The van der Waals surface area contributed by atoms with Crippen LogP contribution in [-0.4, -0.2) is 56.3 Å². The van der Waals surface area contributed by atoms with Gasteiger partial charge in [0, 0.05) is 37.9 Å². The zero-order valence-corrected chi connectivity index (χ0v) is 15.6. The van der Waals surface area contributed by atoms with E-state index >= 15 is 0 Å². The maximum absolute atomic E-state index is 13.8. The van der Waals surface area contributed by atoms with Crippen molar-refractivity contribution in [3.05, 3.63) is 59.9 Å². The van der Waals surface area contributed by atoms with Crippen LogP contribution in [0.2, 0.25) is 0 Å². The third-order valence-corrected chi connectivity index (χ3v) is 6.29. The maximum atomic E-state index is 13.8. The number of amides is 1. The number of nitrogens with zero attached hydrogens (tertiary/aromatic N) is 2. The molecule has 1 heterocycles. The van der Waals surface area contributed by atoms with E-state index in [0.717, 1.165) is 18.2 Å². The Kier molecular flexibility index (Phi) is 6.01. The topological polar surface area (TPSA) is 69.7 Å². The lowest BCUT2D eigenvalue weighted by atomic mass is 10.3. The van der Waals surface area contributed by atoms with Gasteiger partial charge in [0.15, 0.2) is 11.6 Å². The van der Waals surface area contributed by atoms with Crippen molar-refractivity contribution in [1.29, 1.82) is 0 Å². The molecule has 0 atom stereocenters. The van der Waals surface area contributed by atoms with Crippen molar-refractivity contribution >= 4 is 21.6 Å². The molecule has 1 fully saturated rings. The molecule has 2 aromatic rings. The monoisotopic (exact) mass is 413 g/mol. The van der Waals surface area contributed by atoms with Crippen molar-refractivity contribution in [2.75, 3.05) is 38.0 Å². The number of piperazine rings is 1. The lowest BCUT2D eigenvalue weighted by molar-refractivity contribution is -0.117. The first-order chi connectivity index (χ1) is 13.3. The Morgan fingerprint density at radius 3 is 2.25 bits per heavy atom. The summed E-state index contributed by atoms with van der Waals surface area (Å²) in [6.07, 6.45) is 0. The quantitative estimate of drug-likeness (QED) is 0.815. The van der Waals surface area contributed by atoms with Gasteiger partial charge in [0.05, 0.1) is 6.54 Å². The fourth-order valence-corrected chi connectivity index (χ4v) is 4.39. The largest absolute Gasteiger partial charge is 0.325 e. The number of anilines is 1. The summed E-state index contributed by atoms with van der Waals surface area (Å²) in [6, 6.07) is 8.21. The van der Waals surface area contributed by atoms with Crippen molar-refractivity contribution in [1.82, 2.24) is 9.21 Å². The molecule has 28 heavy (non-hydrogen) atoms. The van der Waals surface area contributed by atoms with Crippen LogP contribution in [-0.2, 0) is 14.8 Å². The van der Waals surface area contributed by atoms with E-state index < -0.39 is 33.4 Å². The van der Waals surface area contributed by atoms with Crippen molar-refractivity contribution in [2.45, 2.75) is 4.90 Å². The Bertz CT molecular complexity index is 977. The van der Waals surface area contributed by atoms with E-state index in [1.165, 1.54) is 28.6 Å². The van der Waals surface area contributed by atoms with Gasteiger partial charge >= 0.3 is 0 Å². The van der Waals surface area contributed by atoms with E-state index in [1.54, 1.807) is 4.90 Å². The average Bonchev–Trinajstić information content (AvgIpc) is 2.65. The van der Waals surface area contributed by atoms with Crippen LogP contribution >= 0.6 is 0 Å². The molecule has 0 radical (unpaired) electrons. The summed E-state index contributed by atoms with van der Waals surface area (Å²) >= 11 is 0. The van der Waals surface area contributed by atoms with Crippen molar-refractivity contribution < 1.29 is 26.4 Å². The molecule has 0 saturated carbocycles. The molecule has 1 aliphatic rings. The molecule has 0 aromatic heterocycles. The average molecular weight is 413 g/mol. The molecule has 0 spiro atoms. The zero-order valence-electron chi connectivity index (χ0n) is 14.7. The Morgan fingerprint density at radius 2 is 1.61 bits per heavy atom. The van der Waals surface area contributed by atoms with E-state index in [-0.39, 0.29) is 43.3 Å². The minimum atomic E-state index is -3.95. The number of rotatable bonds is 5. The molecule has 6 nitrogen and oxygen atoms in total. The third-order valence-electron chi connectivity index (χ3n) is 4.36. The first-order valence-electron chi connectivity index (χ1n) is 8.49. The molecule has 3 rings (SSSR count). The minimum Gasteiger partial charge on any atom is -0.325 e. The van der Waals surface area contributed by atoms with Gasteiger partial charge in [-0.1, -0.05) is 12.1 Å². The van der Waals surface area contributed by atoms with Crippen LogP contribution in [0.15, 0.2) is 47.4 Å². The molecule has 0 bridgehead atoms. The number of benzene rings is 2. The molecule has 10 heteroatoms. The van der Waals surface area contributed by atoms with Crippen molar-refractivity contribution in [3.8, 4) is 0 Å². The normalized spacial score (nSPS) is 16.1. The van der Waals surface area contributed by atoms with Gasteiger partial charge in [-0.15, -0.1) is 0 Å². The summed E-state index contributed by atoms with van der Waals surface area (Å²) in [6.45, 7) is 0.731. The highest BCUT2D eigenvalue weighted by Gasteiger charge is 2.30. The molecular formula is C18H18F3N3O3S. The van der Waals surface area contributed by atoms with Crippen LogP contribution < -0.4 is 5.32 Å². The minimum absolute atomic E-state index is 0.0351. The highest BCUT2D eigenvalue weighted by molar-refractivity contribution is 7.89. The van der Waals surface area contributed by atoms with Gasteiger partial charge in [0.25, 0.3) is 0 Å². The second kappa shape index (κ2) is 8.29. The molecule has 0 unspecified atom stereocenters. The Hall–Kier alpha value is -2.43. The Labute approximate surface area is 160 Å². The van der Waals surface area contributed by atoms with Crippen LogP contribution in [0.1, 0.15) is 0 Å². The third kappa shape index (κ3) is 4.51. The molecular weight excluding hydrogens is 395 g/mol. The molecule has 1 amide bonds. The lowest BCUT2D eigenvalue weighted by Gasteiger charge is -2.33. The van der Waals surface area contributed by atoms with Crippen molar-refractivity contribution in [3.63, 3.8) is 0 Å². The van der Waals surface area contributed by atoms with Gasteiger partial charge in [-0.05, 0) is 24.3 Å². The first-order valence-corrected chi connectivity index (χ1v) is 9.93. The molecule has 1 saturated heterocycles.